The van der Waals surface area contributed by atoms with Gasteiger partial charge in [-0.2, -0.15) is 5.10 Å². The van der Waals surface area contributed by atoms with Gasteiger partial charge in [0.15, 0.2) is 0 Å². The minimum Gasteiger partial charge on any atom is -0.494 e. The lowest BCUT2D eigenvalue weighted by Crippen LogP contribution is -2.41. The van der Waals surface area contributed by atoms with Crippen molar-refractivity contribution in [3.05, 3.63) is 46.4 Å². The topological polar surface area (TPSA) is 85.7 Å². The molecule has 8 heteroatoms. The molecule has 1 N–H and O–H groups in total. The van der Waals surface area contributed by atoms with Gasteiger partial charge in [-0.3, -0.25) is 9.59 Å². The van der Waals surface area contributed by atoms with Crippen LogP contribution in [0.15, 0.2) is 35.3 Å². The minimum atomic E-state index is -0.299. The van der Waals surface area contributed by atoms with Crippen LogP contribution < -0.4 is 20.5 Å². The number of nitrogens with zero attached hydrogens (tertiary/aromatic N) is 3. The van der Waals surface area contributed by atoms with E-state index in [9.17, 15) is 9.59 Å². The highest BCUT2D eigenvalue weighted by atomic mass is 16.5. The van der Waals surface area contributed by atoms with Gasteiger partial charge in [0.1, 0.15) is 11.4 Å². The number of aryl methyl sites for hydroxylation is 1. The Bertz CT molecular complexity index is 857. The average Bonchev–Trinajstić information content (AvgIpc) is 2.73. The van der Waals surface area contributed by atoms with Crippen LogP contribution in [0.3, 0.4) is 0 Å². The molecule has 2 heterocycles. The largest absolute Gasteiger partial charge is 0.494 e. The number of ether oxygens (including phenoxy) is 2. The zero-order chi connectivity index (χ0) is 19.9. The second-order valence-electron chi connectivity index (χ2n) is 6.45. The highest BCUT2D eigenvalue weighted by Crippen LogP contribution is 2.23. The summed E-state index contributed by atoms with van der Waals surface area (Å²) in [5.41, 5.74) is 1.13. The van der Waals surface area contributed by atoms with Crippen molar-refractivity contribution >= 4 is 17.3 Å². The Hall–Kier alpha value is -2.87. The third-order valence-electron chi connectivity index (χ3n) is 4.48. The van der Waals surface area contributed by atoms with Crippen molar-refractivity contribution in [2.24, 2.45) is 0 Å². The van der Waals surface area contributed by atoms with Gasteiger partial charge >= 0.3 is 0 Å². The van der Waals surface area contributed by atoms with Gasteiger partial charge in [-0.25, -0.2) is 4.68 Å². The minimum absolute atomic E-state index is 0.217. The van der Waals surface area contributed by atoms with Crippen molar-refractivity contribution in [3.8, 4) is 5.75 Å². The van der Waals surface area contributed by atoms with Crippen LogP contribution in [-0.2, 0) is 11.3 Å². The van der Waals surface area contributed by atoms with Gasteiger partial charge in [0, 0.05) is 25.2 Å². The summed E-state index contributed by atoms with van der Waals surface area (Å²) in [6.45, 7) is 7.26. The van der Waals surface area contributed by atoms with Crippen molar-refractivity contribution in [3.63, 3.8) is 0 Å². The fraction of sp³-hybridized carbons (Fsp3) is 0.450. The molecule has 0 atom stereocenters. The van der Waals surface area contributed by atoms with E-state index in [1.54, 1.807) is 24.3 Å². The first-order chi connectivity index (χ1) is 13.6. The van der Waals surface area contributed by atoms with E-state index in [2.05, 4.69) is 10.4 Å². The summed E-state index contributed by atoms with van der Waals surface area (Å²) >= 11 is 0. The van der Waals surface area contributed by atoms with Crippen LogP contribution in [0.2, 0.25) is 0 Å². The molecule has 0 aliphatic carbocycles. The highest BCUT2D eigenvalue weighted by Gasteiger charge is 2.21. The predicted octanol–water partition coefficient (Wildman–Crippen LogP) is 2.14. The van der Waals surface area contributed by atoms with Crippen LogP contribution in [0.4, 0.5) is 11.4 Å². The quantitative estimate of drug-likeness (QED) is 0.785. The van der Waals surface area contributed by atoms with Crippen LogP contribution >= 0.6 is 0 Å². The van der Waals surface area contributed by atoms with E-state index in [-0.39, 0.29) is 11.5 Å². The standard InChI is InChI=1S/C20H26N4O4/c1-3-11-28-16-7-5-15(6-8-16)19(25)22-17-14-21-24(4-2)20(26)18(17)23-9-12-27-13-10-23/h5-8,14H,3-4,9-13H2,1-2H3,(H,22,25). The highest BCUT2D eigenvalue weighted by molar-refractivity contribution is 6.05. The Kier molecular flexibility index (Phi) is 6.65. The van der Waals surface area contributed by atoms with Crippen molar-refractivity contribution < 1.29 is 14.3 Å². The SMILES string of the molecule is CCCOc1ccc(C(=O)Nc2cnn(CC)c(=O)c2N2CCOCC2)cc1. The average molecular weight is 386 g/mol. The van der Waals surface area contributed by atoms with Crippen LogP contribution in [0.1, 0.15) is 30.6 Å². The second-order valence-corrected chi connectivity index (χ2v) is 6.45. The first kappa shape index (κ1) is 19.9. The molecule has 0 unspecified atom stereocenters. The zero-order valence-electron chi connectivity index (χ0n) is 16.3. The summed E-state index contributed by atoms with van der Waals surface area (Å²) in [6, 6.07) is 6.94. The number of carbonyl (C=O) groups excluding carboxylic acids is 1. The molecule has 1 aromatic heterocycles. The monoisotopic (exact) mass is 386 g/mol. The molecule has 0 spiro atoms. The smallest absolute Gasteiger partial charge is 0.292 e. The molecule has 1 aliphatic rings. The first-order valence-corrected chi connectivity index (χ1v) is 9.61. The third-order valence-corrected chi connectivity index (χ3v) is 4.48. The predicted molar refractivity (Wildman–Crippen MR) is 107 cm³/mol. The molecule has 1 amide bonds. The number of aromatic nitrogens is 2. The number of benzene rings is 1. The molecule has 8 nitrogen and oxygen atoms in total. The van der Waals surface area contributed by atoms with Gasteiger partial charge in [-0.1, -0.05) is 6.92 Å². The molecule has 2 aromatic rings. The van der Waals surface area contributed by atoms with Crippen molar-refractivity contribution in [1.82, 2.24) is 9.78 Å². The van der Waals surface area contributed by atoms with E-state index in [1.165, 1.54) is 10.9 Å². The zero-order valence-corrected chi connectivity index (χ0v) is 16.3. The summed E-state index contributed by atoms with van der Waals surface area (Å²) in [4.78, 5) is 27.5. The fourth-order valence-corrected chi connectivity index (χ4v) is 3.00. The maximum absolute atomic E-state index is 12.8. The van der Waals surface area contributed by atoms with Crippen LogP contribution in [-0.4, -0.2) is 48.6 Å². The van der Waals surface area contributed by atoms with E-state index < -0.39 is 0 Å². The van der Waals surface area contributed by atoms with E-state index in [0.717, 1.165) is 12.2 Å². The molecule has 3 rings (SSSR count). The maximum Gasteiger partial charge on any atom is 0.292 e. The van der Waals surface area contributed by atoms with Crippen LogP contribution in [0.25, 0.3) is 0 Å². The van der Waals surface area contributed by atoms with Gasteiger partial charge < -0.3 is 19.7 Å². The second kappa shape index (κ2) is 9.36. The lowest BCUT2D eigenvalue weighted by atomic mass is 10.2. The Morgan fingerprint density at radius 3 is 2.57 bits per heavy atom. The number of morpholine rings is 1. The van der Waals surface area contributed by atoms with Crippen LogP contribution in [0.5, 0.6) is 5.75 Å². The molecular weight excluding hydrogens is 360 g/mol. The lowest BCUT2D eigenvalue weighted by molar-refractivity contribution is 0.102. The van der Waals surface area contributed by atoms with E-state index in [1.807, 2.05) is 18.7 Å². The van der Waals surface area contributed by atoms with E-state index in [0.29, 0.717) is 56.4 Å². The normalized spacial score (nSPS) is 14.0. The molecule has 1 saturated heterocycles. The van der Waals surface area contributed by atoms with Gasteiger partial charge in [-0.05, 0) is 37.6 Å². The molecule has 0 saturated carbocycles. The molecule has 1 aromatic carbocycles. The van der Waals surface area contributed by atoms with Crippen molar-refractivity contribution in [2.75, 3.05) is 43.1 Å². The van der Waals surface area contributed by atoms with E-state index in [4.69, 9.17) is 9.47 Å². The van der Waals surface area contributed by atoms with Gasteiger partial charge in [0.25, 0.3) is 11.5 Å². The summed E-state index contributed by atoms with van der Waals surface area (Å²) < 4.78 is 12.3. The number of hydrogen-bond donors (Lipinski definition) is 1. The van der Waals surface area contributed by atoms with Gasteiger partial charge in [0.2, 0.25) is 0 Å². The molecule has 0 bridgehead atoms. The molecule has 1 aliphatic heterocycles. The van der Waals surface area contributed by atoms with Crippen molar-refractivity contribution in [2.45, 2.75) is 26.8 Å². The number of hydrogen-bond acceptors (Lipinski definition) is 6. The Labute approximate surface area is 164 Å². The maximum atomic E-state index is 12.8. The van der Waals surface area contributed by atoms with Crippen LogP contribution in [0, 0.1) is 0 Å². The lowest BCUT2D eigenvalue weighted by Gasteiger charge is -2.29. The number of nitrogens with one attached hydrogen (secondary N) is 1. The Morgan fingerprint density at radius 1 is 1.21 bits per heavy atom. The van der Waals surface area contributed by atoms with Gasteiger partial charge in [-0.15, -0.1) is 0 Å². The summed E-state index contributed by atoms with van der Waals surface area (Å²) in [6.07, 6.45) is 2.45. The van der Waals surface area contributed by atoms with Gasteiger partial charge in [0.05, 0.1) is 31.7 Å². The number of carbonyl (C=O) groups is 1. The van der Waals surface area contributed by atoms with Crippen molar-refractivity contribution in [1.29, 1.82) is 0 Å². The summed E-state index contributed by atoms with van der Waals surface area (Å²) in [5.74, 6) is 0.423. The molecule has 0 radical (unpaired) electrons. The van der Waals surface area contributed by atoms with E-state index >= 15 is 0 Å². The molecule has 150 valence electrons. The fourth-order valence-electron chi connectivity index (χ4n) is 3.00. The molecule has 28 heavy (non-hydrogen) atoms. The third kappa shape index (κ3) is 4.51. The number of rotatable bonds is 7. The first-order valence-electron chi connectivity index (χ1n) is 9.61. The summed E-state index contributed by atoms with van der Waals surface area (Å²) in [5, 5.41) is 7.00. The number of amides is 1. The Balaban J connectivity index is 1.83. The molecular formula is C20H26N4O4. The molecule has 1 fully saturated rings. The Morgan fingerprint density at radius 2 is 1.93 bits per heavy atom. The summed E-state index contributed by atoms with van der Waals surface area (Å²) in [7, 11) is 0. The number of anilines is 2.